The van der Waals surface area contributed by atoms with Crippen LogP contribution in [-0.4, -0.2) is 96.5 Å². The predicted octanol–water partition coefficient (Wildman–Crippen LogP) is 5.44. The lowest BCUT2D eigenvalue weighted by Crippen LogP contribution is -2.52. The fraction of sp³-hybridized carbons (Fsp3) is 0.390. The highest BCUT2D eigenvalue weighted by Gasteiger charge is 2.30. The summed E-state index contributed by atoms with van der Waals surface area (Å²) in [6.07, 6.45) is 6.67. The van der Waals surface area contributed by atoms with Gasteiger partial charge in [0.15, 0.2) is 0 Å². The topological polar surface area (TPSA) is 163 Å². The maximum atomic E-state index is 15.3. The van der Waals surface area contributed by atoms with E-state index in [-0.39, 0.29) is 29.9 Å². The van der Waals surface area contributed by atoms with Crippen LogP contribution in [-0.2, 0) is 17.8 Å². The van der Waals surface area contributed by atoms with E-state index in [4.69, 9.17) is 11.6 Å². The number of aldehydes is 1. The summed E-state index contributed by atoms with van der Waals surface area (Å²) in [5.41, 5.74) is 4.77. The van der Waals surface area contributed by atoms with Gasteiger partial charge in [-0.15, -0.1) is 0 Å². The highest BCUT2D eigenvalue weighted by atomic mass is 35.5. The van der Waals surface area contributed by atoms with Crippen molar-refractivity contribution in [2.24, 2.45) is 0 Å². The van der Waals surface area contributed by atoms with Crippen LogP contribution in [0.3, 0.4) is 0 Å². The van der Waals surface area contributed by atoms with Gasteiger partial charge in [-0.2, -0.15) is 9.65 Å². The SMILES string of the molecule is CNC(=O)N(CCC=O)c1ccc(N2CCN(C3CCC(NC(=O)c4ccc(Nc5ncnc6c5CCN(c5ccc(C#N)c(Cl)c5)C6)nc4F)CC3)CC2)cc1. The summed E-state index contributed by atoms with van der Waals surface area (Å²) in [5.74, 6) is -0.554. The molecule has 3 N–H and O–H groups in total. The second kappa shape index (κ2) is 18.0. The molecule has 14 nitrogen and oxygen atoms in total. The molecule has 2 fully saturated rings. The Morgan fingerprint density at radius 3 is 2.42 bits per heavy atom. The lowest BCUT2D eigenvalue weighted by molar-refractivity contribution is -0.107. The molecule has 3 amide bonds. The van der Waals surface area contributed by atoms with Crippen LogP contribution in [0.2, 0.25) is 5.02 Å². The molecule has 16 heteroatoms. The number of amides is 3. The molecule has 7 rings (SSSR count). The van der Waals surface area contributed by atoms with E-state index in [2.05, 4.69) is 51.7 Å². The average Bonchev–Trinajstić information content (AvgIpc) is 3.24. The smallest absolute Gasteiger partial charge is 0.321 e. The fourth-order valence-corrected chi connectivity index (χ4v) is 8.19. The number of benzene rings is 2. The van der Waals surface area contributed by atoms with Gasteiger partial charge < -0.3 is 30.5 Å². The number of hydrogen-bond acceptors (Lipinski definition) is 11. The van der Waals surface area contributed by atoms with Gasteiger partial charge >= 0.3 is 6.03 Å². The van der Waals surface area contributed by atoms with Gasteiger partial charge in [0.05, 0.1) is 28.4 Å². The van der Waals surface area contributed by atoms with Crippen molar-refractivity contribution in [2.45, 2.75) is 57.2 Å². The van der Waals surface area contributed by atoms with Gasteiger partial charge in [0, 0.05) is 87.4 Å². The molecule has 3 aliphatic rings. The molecule has 2 aromatic heterocycles. The standard InChI is InChI=1S/C41H45ClFN11O3/c1-45-41(57)54(16-2-22-55)31-11-9-30(10-12-31)52-20-18-51(19-21-52)29-7-4-28(5-8-29)48-40(56)34-13-14-37(49-38(34)43)50-39-33-15-17-53(25-36(33)46-26-47-39)32-6-3-27(24-44)35(42)23-32/h3,6,9-14,22-23,26,28-29H,2,4-5,7-8,15-21,25H2,1H3,(H,45,57)(H,48,56)(H,46,47,49,50). The molecule has 2 aliphatic heterocycles. The number of anilines is 5. The summed E-state index contributed by atoms with van der Waals surface area (Å²) in [6.45, 7) is 5.11. The van der Waals surface area contributed by atoms with E-state index in [9.17, 15) is 19.6 Å². The van der Waals surface area contributed by atoms with Crippen molar-refractivity contribution >= 4 is 58.5 Å². The minimum Gasteiger partial charge on any atom is -0.369 e. The molecule has 57 heavy (non-hydrogen) atoms. The maximum Gasteiger partial charge on any atom is 0.321 e. The molecule has 4 aromatic rings. The number of fused-ring (bicyclic) bond motifs is 1. The largest absolute Gasteiger partial charge is 0.369 e. The molecule has 0 atom stereocenters. The van der Waals surface area contributed by atoms with E-state index in [1.165, 1.54) is 12.4 Å². The Kier molecular flexibility index (Phi) is 12.4. The first-order valence-electron chi connectivity index (χ1n) is 19.3. The van der Waals surface area contributed by atoms with E-state index < -0.39 is 11.9 Å². The second-order valence-corrected chi connectivity index (χ2v) is 14.8. The van der Waals surface area contributed by atoms with Crippen molar-refractivity contribution in [2.75, 3.05) is 66.3 Å². The third-order valence-corrected chi connectivity index (χ3v) is 11.4. The summed E-state index contributed by atoms with van der Waals surface area (Å²) >= 11 is 6.27. The van der Waals surface area contributed by atoms with Crippen LogP contribution in [0.25, 0.3) is 0 Å². The molecule has 2 aromatic carbocycles. The van der Waals surface area contributed by atoms with Crippen molar-refractivity contribution in [1.82, 2.24) is 30.5 Å². The number of pyridine rings is 1. The van der Waals surface area contributed by atoms with Crippen LogP contribution in [0.15, 0.2) is 60.9 Å². The lowest BCUT2D eigenvalue weighted by atomic mass is 9.89. The first-order chi connectivity index (χ1) is 27.7. The van der Waals surface area contributed by atoms with E-state index in [1.54, 1.807) is 30.1 Å². The normalized spacial score (nSPS) is 18.2. The minimum atomic E-state index is -0.854. The Bertz CT molecular complexity index is 2130. The van der Waals surface area contributed by atoms with Crippen LogP contribution < -0.4 is 30.7 Å². The number of nitrogens with zero attached hydrogens (tertiary/aromatic N) is 8. The van der Waals surface area contributed by atoms with Crippen LogP contribution in [0.5, 0.6) is 0 Å². The first-order valence-corrected chi connectivity index (χ1v) is 19.7. The molecule has 1 saturated carbocycles. The van der Waals surface area contributed by atoms with E-state index in [1.807, 2.05) is 30.3 Å². The average molecular weight is 794 g/mol. The third-order valence-electron chi connectivity index (χ3n) is 11.1. The molecule has 0 radical (unpaired) electrons. The minimum absolute atomic E-state index is 0.0425. The summed E-state index contributed by atoms with van der Waals surface area (Å²) in [6, 6.07) is 18.5. The van der Waals surface area contributed by atoms with Crippen LogP contribution >= 0.6 is 11.6 Å². The zero-order valence-electron chi connectivity index (χ0n) is 31.8. The number of aromatic nitrogens is 3. The van der Waals surface area contributed by atoms with Crippen molar-refractivity contribution < 1.29 is 18.8 Å². The number of urea groups is 1. The van der Waals surface area contributed by atoms with Crippen molar-refractivity contribution in [1.29, 1.82) is 5.26 Å². The molecule has 1 aliphatic carbocycles. The van der Waals surface area contributed by atoms with Crippen LogP contribution in [0.4, 0.5) is 37.9 Å². The molecule has 296 valence electrons. The Hall–Kier alpha value is -5.85. The summed E-state index contributed by atoms with van der Waals surface area (Å²) < 4.78 is 15.3. The quantitative estimate of drug-likeness (QED) is 0.131. The highest BCUT2D eigenvalue weighted by Crippen LogP contribution is 2.31. The summed E-state index contributed by atoms with van der Waals surface area (Å²) in [5, 5.41) is 18.4. The first kappa shape index (κ1) is 39.4. The molecule has 1 saturated heterocycles. The lowest BCUT2D eigenvalue weighted by Gasteiger charge is -2.42. The zero-order chi connectivity index (χ0) is 39.9. The number of nitriles is 1. The molecular weight excluding hydrogens is 749 g/mol. The highest BCUT2D eigenvalue weighted by molar-refractivity contribution is 6.32. The number of carbonyl (C=O) groups is 3. The molecule has 0 spiro atoms. The van der Waals surface area contributed by atoms with E-state index in [0.717, 1.165) is 86.5 Å². The second-order valence-electron chi connectivity index (χ2n) is 14.4. The predicted molar refractivity (Wildman–Crippen MR) is 217 cm³/mol. The van der Waals surface area contributed by atoms with Gasteiger partial charge in [-0.3, -0.25) is 14.6 Å². The number of halogens is 2. The van der Waals surface area contributed by atoms with Gasteiger partial charge in [0.25, 0.3) is 5.91 Å². The molecule has 0 unspecified atom stereocenters. The number of rotatable bonds is 11. The number of nitrogens with one attached hydrogen (secondary N) is 3. The molecule has 4 heterocycles. The molecule has 0 bridgehead atoms. The Morgan fingerprint density at radius 1 is 0.982 bits per heavy atom. The maximum absolute atomic E-state index is 15.3. The zero-order valence-corrected chi connectivity index (χ0v) is 32.5. The number of piperazine rings is 1. The Labute approximate surface area is 336 Å². The monoisotopic (exact) mass is 793 g/mol. The van der Waals surface area contributed by atoms with Gasteiger partial charge in [0.2, 0.25) is 5.95 Å². The van der Waals surface area contributed by atoms with Crippen LogP contribution in [0, 0.1) is 17.3 Å². The van der Waals surface area contributed by atoms with Crippen molar-refractivity contribution in [3.8, 4) is 6.07 Å². The number of hydrogen-bond donors (Lipinski definition) is 3. The van der Waals surface area contributed by atoms with E-state index >= 15 is 4.39 Å². The fourth-order valence-electron chi connectivity index (χ4n) is 7.97. The van der Waals surface area contributed by atoms with Crippen molar-refractivity contribution in [3.63, 3.8) is 0 Å². The summed E-state index contributed by atoms with van der Waals surface area (Å²) in [7, 11) is 1.58. The van der Waals surface area contributed by atoms with Crippen LogP contribution in [0.1, 0.15) is 59.3 Å². The van der Waals surface area contributed by atoms with Gasteiger partial charge in [-0.25, -0.2) is 19.7 Å². The number of carbonyl (C=O) groups excluding carboxylic acids is 3. The van der Waals surface area contributed by atoms with Gasteiger partial charge in [-0.05, 0) is 86.7 Å². The van der Waals surface area contributed by atoms with Gasteiger partial charge in [0.1, 0.15) is 30.3 Å². The third kappa shape index (κ3) is 9.08. The summed E-state index contributed by atoms with van der Waals surface area (Å²) in [4.78, 5) is 57.9. The molecular formula is C41H45ClFN11O3. The Balaban J connectivity index is 0.875. The Morgan fingerprint density at radius 2 is 1.74 bits per heavy atom. The van der Waals surface area contributed by atoms with Crippen molar-refractivity contribution in [3.05, 3.63) is 94.3 Å². The van der Waals surface area contributed by atoms with Gasteiger partial charge in [-0.1, -0.05) is 11.6 Å². The van der Waals surface area contributed by atoms with E-state index in [0.29, 0.717) is 48.5 Å².